The van der Waals surface area contributed by atoms with E-state index in [0.717, 1.165) is 26.1 Å². The fourth-order valence-corrected chi connectivity index (χ4v) is 2.61. The molecule has 0 aliphatic heterocycles. The zero-order chi connectivity index (χ0) is 11.1. The molecule has 2 rings (SSSR count). The lowest BCUT2D eigenvalue weighted by Gasteiger charge is -2.10. The molecule has 1 heterocycles. The average molecular weight is 240 g/mol. The SMILES string of the molecule is c1ncc(CNCCCOC2CCCC2)s1. The molecule has 1 N–H and O–H groups in total. The van der Waals surface area contributed by atoms with Gasteiger partial charge in [0.2, 0.25) is 0 Å². The van der Waals surface area contributed by atoms with E-state index in [1.807, 2.05) is 11.7 Å². The van der Waals surface area contributed by atoms with Gasteiger partial charge in [0.05, 0.1) is 11.6 Å². The van der Waals surface area contributed by atoms with E-state index in [4.69, 9.17) is 4.74 Å². The molecule has 0 unspecified atom stereocenters. The Morgan fingerprint density at radius 3 is 3.06 bits per heavy atom. The van der Waals surface area contributed by atoms with Crippen LogP contribution in [0.15, 0.2) is 11.7 Å². The minimum Gasteiger partial charge on any atom is -0.378 e. The molecule has 3 nitrogen and oxygen atoms in total. The Bertz CT molecular complexity index is 271. The highest BCUT2D eigenvalue weighted by Gasteiger charge is 2.14. The quantitative estimate of drug-likeness (QED) is 0.744. The molecule has 0 bridgehead atoms. The normalized spacial score (nSPS) is 17.0. The number of aromatic nitrogens is 1. The highest BCUT2D eigenvalue weighted by Crippen LogP contribution is 2.20. The monoisotopic (exact) mass is 240 g/mol. The molecule has 0 amide bonds. The van der Waals surface area contributed by atoms with Gasteiger partial charge in [0, 0.05) is 24.2 Å². The van der Waals surface area contributed by atoms with Gasteiger partial charge in [0.15, 0.2) is 0 Å². The summed E-state index contributed by atoms with van der Waals surface area (Å²) in [6, 6.07) is 0. The molecule has 4 heteroatoms. The largest absolute Gasteiger partial charge is 0.378 e. The van der Waals surface area contributed by atoms with Gasteiger partial charge >= 0.3 is 0 Å². The van der Waals surface area contributed by atoms with Crippen LogP contribution in [0.1, 0.15) is 37.0 Å². The predicted octanol–water partition coefficient (Wildman–Crippen LogP) is 2.58. The van der Waals surface area contributed by atoms with Crippen molar-refractivity contribution in [3.8, 4) is 0 Å². The van der Waals surface area contributed by atoms with Gasteiger partial charge < -0.3 is 10.1 Å². The van der Waals surface area contributed by atoms with Gasteiger partial charge in [-0.25, -0.2) is 0 Å². The molecule has 1 fully saturated rings. The van der Waals surface area contributed by atoms with Gasteiger partial charge in [0.1, 0.15) is 0 Å². The van der Waals surface area contributed by atoms with Crippen molar-refractivity contribution in [1.29, 1.82) is 0 Å². The lowest BCUT2D eigenvalue weighted by atomic mass is 10.3. The molecule has 0 radical (unpaired) electrons. The van der Waals surface area contributed by atoms with Crippen molar-refractivity contribution in [3.63, 3.8) is 0 Å². The second kappa shape index (κ2) is 6.99. The van der Waals surface area contributed by atoms with Crippen molar-refractivity contribution in [2.24, 2.45) is 0 Å². The summed E-state index contributed by atoms with van der Waals surface area (Å²) in [5.41, 5.74) is 1.88. The van der Waals surface area contributed by atoms with Crippen LogP contribution in [0, 0.1) is 0 Å². The minimum atomic E-state index is 0.557. The first-order valence-corrected chi connectivity index (χ1v) is 7.03. The summed E-state index contributed by atoms with van der Waals surface area (Å²) in [6.45, 7) is 2.87. The van der Waals surface area contributed by atoms with E-state index >= 15 is 0 Å². The van der Waals surface area contributed by atoms with Crippen LogP contribution in [0.25, 0.3) is 0 Å². The third-order valence-corrected chi connectivity index (χ3v) is 3.72. The van der Waals surface area contributed by atoms with E-state index in [-0.39, 0.29) is 0 Å². The van der Waals surface area contributed by atoms with Crippen LogP contribution in [-0.4, -0.2) is 24.2 Å². The molecule has 1 aromatic heterocycles. The summed E-state index contributed by atoms with van der Waals surface area (Å²) in [5.74, 6) is 0. The van der Waals surface area contributed by atoms with Crippen LogP contribution in [0.5, 0.6) is 0 Å². The first kappa shape index (κ1) is 12.0. The highest BCUT2D eigenvalue weighted by atomic mass is 32.1. The highest BCUT2D eigenvalue weighted by molar-refractivity contribution is 7.09. The summed E-state index contributed by atoms with van der Waals surface area (Å²) in [5, 5.41) is 3.40. The number of thiazole rings is 1. The number of hydrogen-bond donors (Lipinski definition) is 1. The van der Waals surface area contributed by atoms with Crippen molar-refractivity contribution in [3.05, 3.63) is 16.6 Å². The van der Waals surface area contributed by atoms with Crippen molar-refractivity contribution in [2.75, 3.05) is 13.2 Å². The molecule has 0 spiro atoms. The van der Waals surface area contributed by atoms with Crippen LogP contribution < -0.4 is 5.32 Å². The van der Waals surface area contributed by atoms with Gasteiger partial charge in [-0.1, -0.05) is 12.8 Å². The maximum Gasteiger partial charge on any atom is 0.0794 e. The van der Waals surface area contributed by atoms with Crippen molar-refractivity contribution < 1.29 is 4.74 Å². The molecule has 1 aromatic rings. The van der Waals surface area contributed by atoms with Crippen LogP contribution in [-0.2, 0) is 11.3 Å². The molecule has 90 valence electrons. The molecule has 1 aliphatic carbocycles. The Morgan fingerprint density at radius 1 is 1.44 bits per heavy atom. The summed E-state index contributed by atoms with van der Waals surface area (Å²) in [7, 11) is 0. The Labute approximate surface area is 101 Å². The smallest absolute Gasteiger partial charge is 0.0794 e. The maximum absolute atomic E-state index is 5.79. The Morgan fingerprint density at radius 2 is 2.31 bits per heavy atom. The van der Waals surface area contributed by atoms with Crippen molar-refractivity contribution in [2.45, 2.75) is 44.8 Å². The molecule has 0 atom stereocenters. The van der Waals surface area contributed by atoms with E-state index in [2.05, 4.69) is 10.3 Å². The van der Waals surface area contributed by atoms with Gasteiger partial charge in [-0.15, -0.1) is 11.3 Å². The molecule has 0 aromatic carbocycles. The molecular weight excluding hydrogens is 220 g/mol. The molecule has 1 saturated carbocycles. The zero-order valence-electron chi connectivity index (χ0n) is 9.65. The minimum absolute atomic E-state index is 0.557. The van der Waals surface area contributed by atoms with Crippen LogP contribution in [0.3, 0.4) is 0 Å². The molecular formula is C12H20N2OS. The van der Waals surface area contributed by atoms with E-state index in [1.165, 1.54) is 30.6 Å². The summed E-state index contributed by atoms with van der Waals surface area (Å²) in [6.07, 6.45) is 8.84. The number of hydrogen-bond acceptors (Lipinski definition) is 4. The number of rotatable bonds is 7. The van der Waals surface area contributed by atoms with Gasteiger partial charge in [-0.2, -0.15) is 0 Å². The van der Waals surface area contributed by atoms with Crippen LogP contribution >= 0.6 is 11.3 Å². The maximum atomic E-state index is 5.79. The standard InChI is InChI=1S/C12H20N2OS/c1-2-5-11(4-1)15-7-3-6-13-8-12-9-14-10-16-12/h9-11,13H,1-8H2. The van der Waals surface area contributed by atoms with Crippen molar-refractivity contribution in [1.82, 2.24) is 10.3 Å². The fraction of sp³-hybridized carbons (Fsp3) is 0.750. The molecule has 1 aliphatic rings. The molecule has 16 heavy (non-hydrogen) atoms. The lowest BCUT2D eigenvalue weighted by molar-refractivity contribution is 0.0569. The number of nitrogens with zero attached hydrogens (tertiary/aromatic N) is 1. The summed E-state index contributed by atoms with van der Waals surface area (Å²) >= 11 is 1.70. The second-order valence-electron chi connectivity index (χ2n) is 4.28. The van der Waals surface area contributed by atoms with Gasteiger partial charge in [-0.05, 0) is 25.8 Å². The number of nitrogens with one attached hydrogen (secondary N) is 1. The van der Waals surface area contributed by atoms with Crippen molar-refractivity contribution >= 4 is 11.3 Å². The lowest BCUT2D eigenvalue weighted by Crippen LogP contribution is -2.17. The third kappa shape index (κ3) is 4.20. The van der Waals surface area contributed by atoms with Gasteiger partial charge in [0.25, 0.3) is 0 Å². The van der Waals surface area contributed by atoms with E-state index in [1.54, 1.807) is 11.3 Å². The van der Waals surface area contributed by atoms with E-state index in [9.17, 15) is 0 Å². The Kier molecular flexibility index (Phi) is 5.25. The Balaban J connectivity index is 1.43. The van der Waals surface area contributed by atoms with E-state index in [0.29, 0.717) is 6.10 Å². The van der Waals surface area contributed by atoms with E-state index < -0.39 is 0 Å². The van der Waals surface area contributed by atoms with Crippen LogP contribution in [0.2, 0.25) is 0 Å². The second-order valence-corrected chi connectivity index (χ2v) is 5.25. The fourth-order valence-electron chi connectivity index (χ4n) is 2.04. The first-order chi connectivity index (χ1) is 7.95. The predicted molar refractivity (Wildman–Crippen MR) is 66.6 cm³/mol. The number of ether oxygens (including phenoxy) is 1. The molecule has 0 saturated heterocycles. The first-order valence-electron chi connectivity index (χ1n) is 6.15. The van der Waals surface area contributed by atoms with Crippen LogP contribution in [0.4, 0.5) is 0 Å². The average Bonchev–Trinajstić information content (AvgIpc) is 2.96. The third-order valence-electron chi connectivity index (χ3n) is 2.94. The zero-order valence-corrected chi connectivity index (χ0v) is 10.5. The summed E-state index contributed by atoms with van der Waals surface area (Å²) in [4.78, 5) is 5.35. The Hall–Kier alpha value is -0.450. The van der Waals surface area contributed by atoms with Gasteiger partial charge in [-0.3, -0.25) is 4.98 Å². The summed E-state index contributed by atoms with van der Waals surface area (Å²) < 4.78 is 5.79. The topological polar surface area (TPSA) is 34.2 Å².